The second-order valence-electron chi connectivity index (χ2n) is 4.79. The number of carbonyl (C=O) groups is 1. The molecule has 0 bridgehead atoms. The maximum Gasteiger partial charge on any atom is 0.247 e. The standard InChI is InChI=1S/C14H15FN2O2/c1-17(13(18)14(8-16)9-19-10-14)6-5-11-3-2-4-12(15)7-11/h2-4,7H,5-6,9-10H2,1H3. The van der Waals surface area contributed by atoms with E-state index in [2.05, 4.69) is 0 Å². The van der Waals surface area contributed by atoms with Crippen molar-refractivity contribution >= 4 is 5.91 Å². The van der Waals surface area contributed by atoms with E-state index >= 15 is 0 Å². The van der Waals surface area contributed by atoms with Crippen LogP contribution >= 0.6 is 0 Å². The molecule has 0 aromatic heterocycles. The minimum atomic E-state index is -1.02. The second kappa shape index (κ2) is 5.37. The van der Waals surface area contributed by atoms with E-state index in [4.69, 9.17) is 10.00 Å². The number of nitriles is 1. The Balaban J connectivity index is 1.93. The number of amides is 1. The van der Waals surface area contributed by atoms with Crippen molar-refractivity contribution in [2.45, 2.75) is 6.42 Å². The number of halogens is 1. The third kappa shape index (κ3) is 2.74. The third-order valence-electron chi connectivity index (χ3n) is 3.29. The zero-order chi connectivity index (χ0) is 13.9. The highest BCUT2D eigenvalue weighted by Crippen LogP contribution is 2.28. The van der Waals surface area contributed by atoms with E-state index in [1.165, 1.54) is 17.0 Å². The number of ether oxygens (including phenoxy) is 1. The smallest absolute Gasteiger partial charge is 0.247 e. The topological polar surface area (TPSA) is 53.3 Å². The van der Waals surface area contributed by atoms with Crippen molar-refractivity contribution in [1.29, 1.82) is 5.26 Å². The summed E-state index contributed by atoms with van der Waals surface area (Å²) in [5, 5.41) is 9.05. The van der Waals surface area contributed by atoms with Crippen molar-refractivity contribution in [3.8, 4) is 6.07 Å². The fourth-order valence-corrected chi connectivity index (χ4v) is 2.00. The summed E-state index contributed by atoms with van der Waals surface area (Å²) in [5.41, 5.74) is -0.188. The first-order valence-electron chi connectivity index (χ1n) is 6.06. The van der Waals surface area contributed by atoms with E-state index in [1.807, 2.05) is 12.1 Å². The molecule has 0 atom stereocenters. The van der Waals surface area contributed by atoms with Gasteiger partial charge >= 0.3 is 0 Å². The summed E-state index contributed by atoms with van der Waals surface area (Å²) in [6.45, 7) is 0.769. The molecule has 1 aromatic carbocycles. The molecule has 1 amide bonds. The minimum absolute atomic E-state index is 0.159. The average molecular weight is 262 g/mol. The molecule has 0 spiro atoms. The van der Waals surface area contributed by atoms with Crippen molar-refractivity contribution in [2.75, 3.05) is 26.8 Å². The largest absolute Gasteiger partial charge is 0.377 e. The summed E-state index contributed by atoms with van der Waals surface area (Å²) >= 11 is 0. The molecule has 1 aliphatic heterocycles. The lowest BCUT2D eigenvalue weighted by Crippen LogP contribution is -2.53. The lowest BCUT2D eigenvalue weighted by molar-refractivity contribution is -0.159. The van der Waals surface area contributed by atoms with Gasteiger partial charge in [-0.25, -0.2) is 4.39 Å². The zero-order valence-corrected chi connectivity index (χ0v) is 10.7. The molecule has 1 aliphatic rings. The Labute approximate surface area is 111 Å². The van der Waals surface area contributed by atoms with Crippen molar-refractivity contribution in [3.63, 3.8) is 0 Å². The Bertz CT molecular complexity index is 520. The van der Waals surface area contributed by atoms with Crippen LogP contribution in [0.4, 0.5) is 4.39 Å². The third-order valence-corrected chi connectivity index (χ3v) is 3.29. The molecule has 0 N–H and O–H groups in total. The van der Waals surface area contributed by atoms with Crippen LogP contribution in [-0.2, 0) is 16.0 Å². The monoisotopic (exact) mass is 262 g/mol. The molecule has 19 heavy (non-hydrogen) atoms. The first-order valence-corrected chi connectivity index (χ1v) is 6.06. The van der Waals surface area contributed by atoms with Crippen LogP contribution in [0, 0.1) is 22.6 Å². The van der Waals surface area contributed by atoms with Crippen LogP contribution < -0.4 is 0 Å². The number of nitrogens with zero attached hydrogens (tertiary/aromatic N) is 2. The van der Waals surface area contributed by atoms with E-state index in [0.717, 1.165) is 5.56 Å². The summed E-state index contributed by atoms with van der Waals surface area (Å²) in [5.74, 6) is -0.509. The molecule has 2 rings (SSSR count). The lowest BCUT2D eigenvalue weighted by atomic mass is 9.86. The van der Waals surface area contributed by atoms with Gasteiger partial charge in [0.1, 0.15) is 5.82 Å². The van der Waals surface area contributed by atoms with Crippen molar-refractivity contribution < 1.29 is 13.9 Å². The van der Waals surface area contributed by atoms with Gasteiger partial charge in [-0.1, -0.05) is 12.1 Å². The molecule has 4 nitrogen and oxygen atoms in total. The van der Waals surface area contributed by atoms with Gasteiger partial charge in [-0.3, -0.25) is 4.79 Å². The van der Waals surface area contributed by atoms with Crippen molar-refractivity contribution in [3.05, 3.63) is 35.6 Å². The van der Waals surface area contributed by atoms with Gasteiger partial charge in [-0.15, -0.1) is 0 Å². The summed E-state index contributed by atoms with van der Waals surface area (Å²) in [4.78, 5) is 13.6. The van der Waals surface area contributed by atoms with Crippen LogP contribution in [-0.4, -0.2) is 37.6 Å². The molecule has 1 fully saturated rings. The Hall–Kier alpha value is -1.93. The van der Waals surface area contributed by atoms with E-state index < -0.39 is 5.41 Å². The van der Waals surface area contributed by atoms with Gasteiger partial charge in [0, 0.05) is 13.6 Å². The summed E-state index contributed by atoms with van der Waals surface area (Å²) in [6.07, 6.45) is 0.558. The van der Waals surface area contributed by atoms with Crippen LogP contribution in [0.1, 0.15) is 5.56 Å². The second-order valence-corrected chi connectivity index (χ2v) is 4.79. The zero-order valence-electron chi connectivity index (χ0n) is 10.7. The number of hydrogen-bond acceptors (Lipinski definition) is 3. The molecular weight excluding hydrogens is 247 g/mol. The Morgan fingerprint density at radius 1 is 1.58 bits per heavy atom. The van der Waals surface area contributed by atoms with Crippen LogP contribution in [0.3, 0.4) is 0 Å². The fraction of sp³-hybridized carbons (Fsp3) is 0.429. The molecule has 0 aliphatic carbocycles. The maximum atomic E-state index is 13.0. The quantitative estimate of drug-likeness (QED) is 0.823. The number of hydrogen-bond donors (Lipinski definition) is 0. The maximum absolute atomic E-state index is 13.0. The van der Waals surface area contributed by atoms with Crippen LogP contribution in [0.15, 0.2) is 24.3 Å². The Kier molecular flexibility index (Phi) is 3.82. The number of rotatable bonds is 4. The van der Waals surface area contributed by atoms with Gasteiger partial charge in [-0.2, -0.15) is 5.26 Å². The summed E-state index contributed by atoms with van der Waals surface area (Å²) < 4.78 is 18.0. The minimum Gasteiger partial charge on any atom is -0.377 e. The predicted octanol–water partition coefficient (Wildman–Crippen LogP) is 1.37. The van der Waals surface area contributed by atoms with E-state index in [0.29, 0.717) is 13.0 Å². The lowest BCUT2D eigenvalue weighted by Gasteiger charge is -2.36. The number of carbonyl (C=O) groups excluding carboxylic acids is 1. The van der Waals surface area contributed by atoms with Gasteiger partial charge in [0.15, 0.2) is 5.41 Å². The van der Waals surface area contributed by atoms with Crippen LogP contribution in [0.25, 0.3) is 0 Å². The molecule has 1 saturated heterocycles. The van der Waals surface area contributed by atoms with E-state index in [9.17, 15) is 9.18 Å². The van der Waals surface area contributed by atoms with Gasteiger partial charge in [0.05, 0.1) is 19.3 Å². The molecule has 0 unspecified atom stereocenters. The molecule has 100 valence electrons. The highest BCUT2D eigenvalue weighted by atomic mass is 19.1. The predicted molar refractivity (Wildman–Crippen MR) is 66.6 cm³/mol. The van der Waals surface area contributed by atoms with Gasteiger partial charge in [0.2, 0.25) is 5.91 Å². The first kappa shape index (κ1) is 13.5. The molecule has 1 heterocycles. The van der Waals surface area contributed by atoms with Gasteiger partial charge < -0.3 is 9.64 Å². The highest BCUT2D eigenvalue weighted by molar-refractivity contribution is 5.86. The van der Waals surface area contributed by atoms with Crippen molar-refractivity contribution in [2.24, 2.45) is 5.41 Å². The summed E-state index contributed by atoms with van der Waals surface area (Å²) in [7, 11) is 1.65. The van der Waals surface area contributed by atoms with Crippen LogP contribution in [0.5, 0.6) is 0 Å². The molecular formula is C14H15FN2O2. The number of benzene rings is 1. The SMILES string of the molecule is CN(CCc1cccc(F)c1)C(=O)C1(C#N)COC1. The normalized spacial score (nSPS) is 16.3. The molecule has 0 radical (unpaired) electrons. The Morgan fingerprint density at radius 2 is 2.32 bits per heavy atom. The van der Waals surface area contributed by atoms with Crippen molar-refractivity contribution in [1.82, 2.24) is 4.90 Å². The fourth-order valence-electron chi connectivity index (χ4n) is 2.00. The summed E-state index contributed by atoms with van der Waals surface area (Å²) in [6, 6.07) is 8.31. The number of likely N-dealkylation sites (N-methyl/N-ethyl adjacent to an activating group) is 1. The first-order chi connectivity index (χ1) is 9.07. The average Bonchev–Trinajstić information content (AvgIpc) is 2.35. The molecule has 0 saturated carbocycles. The van der Waals surface area contributed by atoms with Crippen LogP contribution in [0.2, 0.25) is 0 Å². The van der Waals surface area contributed by atoms with E-state index in [-0.39, 0.29) is 24.9 Å². The highest BCUT2D eigenvalue weighted by Gasteiger charge is 2.47. The Morgan fingerprint density at radius 3 is 2.84 bits per heavy atom. The van der Waals surface area contributed by atoms with Gasteiger partial charge in [0.25, 0.3) is 0 Å². The molecule has 5 heteroatoms. The van der Waals surface area contributed by atoms with Gasteiger partial charge in [-0.05, 0) is 24.1 Å². The van der Waals surface area contributed by atoms with E-state index in [1.54, 1.807) is 13.1 Å². The molecule has 1 aromatic rings.